The van der Waals surface area contributed by atoms with E-state index in [-0.39, 0.29) is 18.0 Å². The molecule has 0 aromatic carbocycles. The highest BCUT2D eigenvalue weighted by Crippen LogP contribution is 2.26. The maximum absolute atomic E-state index is 12.4. The van der Waals surface area contributed by atoms with Gasteiger partial charge in [-0.1, -0.05) is 6.92 Å². The van der Waals surface area contributed by atoms with Crippen LogP contribution in [0.4, 0.5) is 4.79 Å². The van der Waals surface area contributed by atoms with Crippen molar-refractivity contribution in [3.63, 3.8) is 0 Å². The van der Waals surface area contributed by atoms with Crippen LogP contribution in [0.5, 0.6) is 0 Å². The molecule has 8 heteroatoms. The Bertz CT molecular complexity index is 611. The van der Waals surface area contributed by atoms with Gasteiger partial charge in [-0.25, -0.2) is 9.78 Å². The lowest BCUT2D eigenvalue weighted by Crippen LogP contribution is -2.69. The molecule has 3 atom stereocenters. The van der Waals surface area contributed by atoms with E-state index in [1.807, 2.05) is 13.8 Å². The fourth-order valence-electron chi connectivity index (χ4n) is 3.04. The highest BCUT2D eigenvalue weighted by atomic mass is 16.2. The number of amides is 4. The quantitative estimate of drug-likeness (QED) is 0.786. The molecule has 2 saturated heterocycles. The van der Waals surface area contributed by atoms with Gasteiger partial charge in [-0.3, -0.25) is 14.9 Å². The van der Waals surface area contributed by atoms with Crippen molar-refractivity contribution in [3.05, 3.63) is 18.2 Å². The van der Waals surface area contributed by atoms with Crippen molar-refractivity contribution < 1.29 is 14.4 Å². The van der Waals surface area contributed by atoms with Crippen LogP contribution in [0.15, 0.2) is 12.4 Å². The molecular weight excluding hydrogens is 274 g/mol. The monoisotopic (exact) mass is 291 g/mol. The van der Waals surface area contributed by atoms with Gasteiger partial charge < -0.3 is 14.8 Å². The van der Waals surface area contributed by atoms with Gasteiger partial charge in [0.25, 0.3) is 0 Å². The summed E-state index contributed by atoms with van der Waals surface area (Å²) in [7, 11) is 0. The normalized spacial score (nSPS) is 29.0. The zero-order valence-electron chi connectivity index (χ0n) is 11.9. The molecule has 3 unspecified atom stereocenters. The van der Waals surface area contributed by atoms with Gasteiger partial charge in [0.1, 0.15) is 18.0 Å². The standard InChI is InChI=1S/C13H17N5O3/c1-3-8-10-12(20)15-9(17-5-4-14-7(17)2)6-18(10)13(21)16-11(8)19/h4-5,8-10H,3,6H2,1-2H3,(H,15,20)(H,16,19,21). The maximum atomic E-state index is 12.4. The minimum Gasteiger partial charge on any atom is -0.332 e. The van der Waals surface area contributed by atoms with Gasteiger partial charge >= 0.3 is 6.03 Å². The van der Waals surface area contributed by atoms with Crippen LogP contribution < -0.4 is 10.6 Å². The van der Waals surface area contributed by atoms with Crippen LogP contribution in [-0.2, 0) is 9.59 Å². The molecule has 2 aliphatic rings. The summed E-state index contributed by atoms with van der Waals surface area (Å²) in [6.45, 7) is 3.97. The molecule has 0 saturated carbocycles. The smallest absolute Gasteiger partial charge is 0.324 e. The summed E-state index contributed by atoms with van der Waals surface area (Å²) in [5.41, 5.74) is 0. The van der Waals surface area contributed by atoms with Gasteiger partial charge in [0, 0.05) is 12.4 Å². The molecule has 2 fully saturated rings. The topological polar surface area (TPSA) is 96.3 Å². The Hall–Kier alpha value is -2.38. The Balaban J connectivity index is 1.91. The number of nitrogens with zero attached hydrogens (tertiary/aromatic N) is 3. The number of rotatable bonds is 2. The van der Waals surface area contributed by atoms with Crippen LogP contribution in [0.1, 0.15) is 25.3 Å². The summed E-state index contributed by atoms with van der Waals surface area (Å²) in [5, 5.41) is 5.20. The number of carbonyl (C=O) groups is 3. The zero-order valence-corrected chi connectivity index (χ0v) is 11.9. The molecule has 0 spiro atoms. The number of aryl methyl sites for hydroxylation is 1. The van der Waals surface area contributed by atoms with E-state index in [1.54, 1.807) is 17.0 Å². The van der Waals surface area contributed by atoms with Crippen molar-refractivity contribution in [2.75, 3.05) is 6.54 Å². The van der Waals surface area contributed by atoms with E-state index in [0.29, 0.717) is 13.0 Å². The molecule has 1 aromatic heterocycles. The van der Waals surface area contributed by atoms with E-state index in [1.165, 1.54) is 4.90 Å². The minimum absolute atomic E-state index is 0.297. The summed E-state index contributed by atoms with van der Waals surface area (Å²) in [5.74, 6) is -0.433. The first-order valence-electron chi connectivity index (χ1n) is 6.94. The average Bonchev–Trinajstić information content (AvgIpc) is 2.86. The number of nitrogens with one attached hydrogen (secondary N) is 2. The number of imide groups is 1. The molecule has 0 aliphatic carbocycles. The highest BCUT2D eigenvalue weighted by molar-refractivity contribution is 6.04. The predicted molar refractivity (Wildman–Crippen MR) is 72.0 cm³/mol. The van der Waals surface area contributed by atoms with Crippen LogP contribution in [0, 0.1) is 12.8 Å². The molecule has 2 aliphatic heterocycles. The molecule has 0 radical (unpaired) electrons. The van der Waals surface area contributed by atoms with Gasteiger partial charge in [-0.15, -0.1) is 0 Å². The second-order valence-corrected chi connectivity index (χ2v) is 5.31. The van der Waals surface area contributed by atoms with Crippen LogP contribution in [-0.4, -0.2) is 44.9 Å². The number of aromatic nitrogens is 2. The summed E-state index contributed by atoms with van der Waals surface area (Å²) >= 11 is 0. The fourth-order valence-corrected chi connectivity index (χ4v) is 3.04. The van der Waals surface area contributed by atoms with Crippen molar-refractivity contribution in [3.8, 4) is 0 Å². The second kappa shape index (κ2) is 4.87. The molecule has 4 amide bonds. The highest BCUT2D eigenvalue weighted by Gasteiger charge is 2.48. The Morgan fingerprint density at radius 2 is 2.10 bits per heavy atom. The number of piperazine rings is 1. The van der Waals surface area contributed by atoms with Crippen LogP contribution in [0.3, 0.4) is 0 Å². The Morgan fingerprint density at radius 1 is 1.33 bits per heavy atom. The number of urea groups is 1. The summed E-state index contributed by atoms with van der Waals surface area (Å²) in [6.07, 6.45) is 3.53. The minimum atomic E-state index is -0.726. The lowest BCUT2D eigenvalue weighted by atomic mass is 9.90. The molecule has 3 heterocycles. The Kier molecular flexibility index (Phi) is 3.15. The Morgan fingerprint density at radius 3 is 2.71 bits per heavy atom. The van der Waals surface area contributed by atoms with Gasteiger partial charge in [0.05, 0.1) is 12.5 Å². The largest absolute Gasteiger partial charge is 0.332 e. The van der Waals surface area contributed by atoms with Gasteiger partial charge in [0.15, 0.2) is 0 Å². The second-order valence-electron chi connectivity index (χ2n) is 5.31. The summed E-state index contributed by atoms with van der Waals surface area (Å²) < 4.78 is 1.80. The molecule has 3 rings (SSSR count). The maximum Gasteiger partial charge on any atom is 0.324 e. The SMILES string of the molecule is CCC1C(=O)NC(=O)N2CC(n3ccnc3C)NC(=O)C12. The molecule has 8 nitrogen and oxygen atoms in total. The third kappa shape index (κ3) is 2.07. The van der Waals surface area contributed by atoms with E-state index in [0.717, 1.165) is 5.82 Å². The summed E-state index contributed by atoms with van der Waals surface area (Å²) in [6, 6.07) is -1.23. The van der Waals surface area contributed by atoms with Crippen molar-refractivity contribution in [1.29, 1.82) is 0 Å². The summed E-state index contributed by atoms with van der Waals surface area (Å²) in [4.78, 5) is 41.8. The molecule has 21 heavy (non-hydrogen) atoms. The third-order valence-electron chi connectivity index (χ3n) is 4.13. The number of hydrogen-bond acceptors (Lipinski definition) is 4. The molecule has 1 aromatic rings. The third-order valence-corrected chi connectivity index (χ3v) is 4.13. The van der Waals surface area contributed by atoms with E-state index in [4.69, 9.17) is 0 Å². The van der Waals surface area contributed by atoms with Crippen LogP contribution >= 0.6 is 0 Å². The number of hydrogen-bond donors (Lipinski definition) is 2. The van der Waals surface area contributed by atoms with E-state index >= 15 is 0 Å². The van der Waals surface area contributed by atoms with E-state index < -0.39 is 18.0 Å². The first kappa shape index (κ1) is 13.6. The van der Waals surface area contributed by atoms with Crippen molar-refractivity contribution in [2.24, 2.45) is 5.92 Å². The van der Waals surface area contributed by atoms with Gasteiger partial charge in [-0.05, 0) is 13.3 Å². The molecular formula is C13H17N5O3. The number of fused-ring (bicyclic) bond motifs is 1. The van der Waals surface area contributed by atoms with Crippen molar-refractivity contribution in [2.45, 2.75) is 32.5 Å². The van der Waals surface area contributed by atoms with Gasteiger partial charge in [-0.2, -0.15) is 0 Å². The number of carbonyl (C=O) groups excluding carboxylic acids is 3. The van der Waals surface area contributed by atoms with Gasteiger partial charge in [0.2, 0.25) is 11.8 Å². The van der Waals surface area contributed by atoms with E-state index in [9.17, 15) is 14.4 Å². The van der Waals surface area contributed by atoms with Crippen molar-refractivity contribution >= 4 is 17.8 Å². The van der Waals surface area contributed by atoms with Crippen LogP contribution in [0.25, 0.3) is 0 Å². The number of imidazole rings is 1. The van der Waals surface area contributed by atoms with Crippen molar-refractivity contribution in [1.82, 2.24) is 25.1 Å². The first-order valence-corrected chi connectivity index (χ1v) is 6.94. The van der Waals surface area contributed by atoms with Crippen LogP contribution in [0.2, 0.25) is 0 Å². The predicted octanol–water partition coefficient (Wildman–Crippen LogP) is -0.233. The molecule has 112 valence electrons. The van der Waals surface area contributed by atoms with E-state index in [2.05, 4.69) is 15.6 Å². The fraction of sp³-hybridized carbons (Fsp3) is 0.538. The lowest BCUT2D eigenvalue weighted by molar-refractivity contribution is -0.142. The Labute approximate surface area is 121 Å². The molecule has 2 N–H and O–H groups in total. The molecule has 0 bridgehead atoms. The zero-order chi connectivity index (χ0) is 15.1. The average molecular weight is 291 g/mol. The lowest BCUT2D eigenvalue weighted by Gasteiger charge is -2.44. The first-order chi connectivity index (χ1) is 10.0.